The molecule has 0 spiro atoms. The Balaban J connectivity index is 3.44. The van der Waals surface area contributed by atoms with Gasteiger partial charge in [0.1, 0.15) is 0 Å². The van der Waals surface area contributed by atoms with Crippen LogP contribution >= 0.6 is 0 Å². The fraction of sp³-hybridized carbons (Fsp3) is 0.889. The van der Waals surface area contributed by atoms with Crippen molar-refractivity contribution in [2.75, 3.05) is 26.2 Å². The zero-order valence-corrected chi connectivity index (χ0v) is 8.39. The number of hydrogen-bond donors (Lipinski definition) is 1. The molecule has 1 N–H and O–H groups in total. The SMILES string of the molecule is CCOC(=N)CCN(CC)CC. The van der Waals surface area contributed by atoms with Crippen LogP contribution in [0.15, 0.2) is 0 Å². The Kier molecular flexibility index (Phi) is 6.76. The predicted molar refractivity (Wildman–Crippen MR) is 51.8 cm³/mol. The van der Waals surface area contributed by atoms with Crippen molar-refractivity contribution in [3.8, 4) is 0 Å². The van der Waals surface area contributed by atoms with Crippen molar-refractivity contribution in [3.63, 3.8) is 0 Å². The van der Waals surface area contributed by atoms with Gasteiger partial charge in [-0.3, -0.25) is 5.41 Å². The molecule has 0 aromatic heterocycles. The van der Waals surface area contributed by atoms with Gasteiger partial charge in [0.05, 0.1) is 6.61 Å². The Morgan fingerprint density at radius 1 is 1.25 bits per heavy atom. The lowest BCUT2D eigenvalue weighted by Crippen LogP contribution is -2.26. The molecule has 0 aromatic rings. The number of rotatable bonds is 6. The molecule has 12 heavy (non-hydrogen) atoms. The highest BCUT2D eigenvalue weighted by Gasteiger charge is 2.01. The molecule has 0 aliphatic heterocycles. The zero-order valence-electron chi connectivity index (χ0n) is 8.39. The first-order valence-corrected chi connectivity index (χ1v) is 4.67. The van der Waals surface area contributed by atoms with E-state index in [-0.39, 0.29) is 0 Å². The summed E-state index contributed by atoms with van der Waals surface area (Å²) >= 11 is 0. The maximum absolute atomic E-state index is 7.38. The molecule has 0 rings (SSSR count). The minimum Gasteiger partial charge on any atom is -0.481 e. The number of nitrogens with one attached hydrogen (secondary N) is 1. The van der Waals surface area contributed by atoms with Crippen LogP contribution in [0.25, 0.3) is 0 Å². The summed E-state index contributed by atoms with van der Waals surface area (Å²) in [7, 11) is 0. The summed E-state index contributed by atoms with van der Waals surface area (Å²) < 4.78 is 5.04. The first-order valence-electron chi connectivity index (χ1n) is 4.67. The van der Waals surface area contributed by atoms with E-state index in [2.05, 4.69) is 18.7 Å². The van der Waals surface area contributed by atoms with Gasteiger partial charge in [-0.05, 0) is 20.0 Å². The van der Waals surface area contributed by atoms with Crippen LogP contribution in [-0.4, -0.2) is 37.0 Å². The summed E-state index contributed by atoms with van der Waals surface area (Å²) in [6.07, 6.45) is 0.732. The van der Waals surface area contributed by atoms with Gasteiger partial charge < -0.3 is 9.64 Å². The Morgan fingerprint density at radius 2 is 1.83 bits per heavy atom. The van der Waals surface area contributed by atoms with Crippen molar-refractivity contribution in [2.24, 2.45) is 0 Å². The minimum absolute atomic E-state index is 0.407. The molecule has 0 atom stereocenters. The van der Waals surface area contributed by atoms with Crippen molar-refractivity contribution in [3.05, 3.63) is 0 Å². The maximum Gasteiger partial charge on any atom is 0.181 e. The summed E-state index contributed by atoms with van der Waals surface area (Å²) in [6, 6.07) is 0. The summed E-state index contributed by atoms with van der Waals surface area (Å²) in [6.45, 7) is 9.82. The van der Waals surface area contributed by atoms with Gasteiger partial charge in [0.25, 0.3) is 0 Å². The van der Waals surface area contributed by atoms with Crippen molar-refractivity contribution in [1.29, 1.82) is 5.41 Å². The van der Waals surface area contributed by atoms with Crippen LogP contribution in [-0.2, 0) is 4.74 Å². The third kappa shape index (κ3) is 5.13. The Labute approximate surface area is 75.2 Å². The van der Waals surface area contributed by atoms with E-state index in [0.29, 0.717) is 12.5 Å². The number of nitrogens with zero attached hydrogens (tertiary/aromatic N) is 1. The molecular formula is C9H20N2O. The highest BCUT2D eigenvalue weighted by atomic mass is 16.5. The van der Waals surface area contributed by atoms with Crippen molar-refractivity contribution >= 4 is 5.90 Å². The monoisotopic (exact) mass is 172 g/mol. The quantitative estimate of drug-likeness (QED) is 0.489. The molecule has 0 heterocycles. The molecule has 0 saturated carbocycles. The molecule has 0 bridgehead atoms. The average molecular weight is 172 g/mol. The second-order valence-corrected chi connectivity index (χ2v) is 2.63. The van der Waals surface area contributed by atoms with E-state index < -0.39 is 0 Å². The van der Waals surface area contributed by atoms with Crippen LogP contribution < -0.4 is 0 Å². The summed E-state index contributed by atoms with van der Waals surface area (Å²) in [5, 5.41) is 7.38. The van der Waals surface area contributed by atoms with Gasteiger partial charge in [-0.2, -0.15) is 0 Å². The molecule has 0 aromatic carbocycles. The third-order valence-corrected chi connectivity index (χ3v) is 1.87. The molecule has 0 aliphatic carbocycles. The van der Waals surface area contributed by atoms with Crippen LogP contribution in [0.3, 0.4) is 0 Å². The van der Waals surface area contributed by atoms with E-state index in [0.717, 1.165) is 26.1 Å². The van der Waals surface area contributed by atoms with Gasteiger partial charge in [-0.1, -0.05) is 13.8 Å². The van der Waals surface area contributed by atoms with E-state index in [9.17, 15) is 0 Å². The van der Waals surface area contributed by atoms with Crippen LogP contribution in [0, 0.1) is 5.41 Å². The normalized spacial score (nSPS) is 10.3. The van der Waals surface area contributed by atoms with Gasteiger partial charge in [0.15, 0.2) is 5.90 Å². The van der Waals surface area contributed by atoms with E-state index in [4.69, 9.17) is 10.1 Å². The lowest BCUT2D eigenvalue weighted by atomic mass is 10.3. The average Bonchev–Trinajstić information content (AvgIpc) is 2.07. The molecule has 72 valence electrons. The number of ether oxygens (including phenoxy) is 1. The van der Waals surface area contributed by atoms with Gasteiger partial charge in [0, 0.05) is 13.0 Å². The van der Waals surface area contributed by atoms with E-state index >= 15 is 0 Å². The van der Waals surface area contributed by atoms with Crippen LogP contribution in [0.4, 0.5) is 0 Å². The molecule has 3 heteroatoms. The van der Waals surface area contributed by atoms with Gasteiger partial charge >= 0.3 is 0 Å². The Morgan fingerprint density at radius 3 is 2.25 bits per heavy atom. The van der Waals surface area contributed by atoms with Crippen LogP contribution in [0.1, 0.15) is 27.2 Å². The largest absolute Gasteiger partial charge is 0.481 e. The van der Waals surface area contributed by atoms with E-state index in [1.807, 2.05) is 6.92 Å². The molecular weight excluding hydrogens is 152 g/mol. The fourth-order valence-corrected chi connectivity index (χ4v) is 1.05. The van der Waals surface area contributed by atoms with E-state index in [1.54, 1.807) is 0 Å². The molecule has 0 saturated heterocycles. The lowest BCUT2D eigenvalue weighted by molar-refractivity contribution is 0.280. The van der Waals surface area contributed by atoms with Crippen molar-refractivity contribution in [1.82, 2.24) is 4.90 Å². The smallest absolute Gasteiger partial charge is 0.181 e. The van der Waals surface area contributed by atoms with Gasteiger partial charge in [-0.25, -0.2) is 0 Å². The van der Waals surface area contributed by atoms with E-state index in [1.165, 1.54) is 0 Å². The molecule has 0 radical (unpaired) electrons. The summed E-state index contributed by atoms with van der Waals surface area (Å²) in [5.41, 5.74) is 0. The van der Waals surface area contributed by atoms with Crippen molar-refractivity contribution < 1.29 is 4.74 Å². The Bertz CT molecular complexity index is 122. The molecule has 3 nitrogen and oxygen atoms in total. The Hall–Kier alpha value is -0.570. The summed E-state index contributed by atoms with van der Waals surface area (Å²) in [5.74, 6) is 0.407. The first kappa shape index (κ1) is 11.4. The molecule has 0 fully saturated rings. The molecule has 0 aliphatic rings. The second-order valence-electron chi connectivity index (χ2n) is 2.63. The second kappa shape index (κ2) is 7.10. The van der Waals surface area contributed by atoms with Crippen molar-refractivity contribution in [2.45, 2.75) is 27.2 Å². The van der Waals surface area contributed by atoms with Gasteiger partial charge in [-0.15, -0.1) is 0 Å². The zero-order chi connectivity index (χ0) is 9.40. The maximum atomic E-state index is 7.38. The standard InChI is InChI=1S/C9H20N2O/c1-4-11(5-2)8-7-9(10)12-6-3/h10H,4-8H2,1-3H3. The number of hydrogen-bond acceptors (Lipinski definition) is 3. The molecule has 0 unspecified atom stereocenters. The first-order chi connectivity index (χ1) is 5.74. The lowest BCUT2D eigenvalue weighted by Gasteiger charge is -2.17. The third-order valence-electron chi connectivity index (χ3n) is 1.87. The topological polar surface area (TPSA) is 36.3 Å². The highest BCUT2D eigenvalue weighted by molar-refractivity contribution is 5.72. The summed E-state index contributed by atoms with van der Waals surface area (Å²) in [4.78, 5) is 2.29. The van der Waals surface area contributed by atoms with Gasteiger partial charge in [0.2, 0.25) is 0 Å². The van der Waals surface area contributed by atoms with Crippen LogP contribution in [0.5, 0.6) is 0 Å². The highest BCUT2D eigenvalue weighted by Crippen LogP contribution is 1.93. The minimum atomic E-state index is 0.407. The predicted octanol–water partition coefficient (Wildman–Crippen LogP) is 1.73. The molecule has 0 amide bonds. The fourth-order valence-electron chi connectivity index (χ4n) is 1.05. The van der Waals surface area contributed by atoms with Crippen LogP contribution in [0.2, 0.25) is 0 Å².